The number of hydrogen-bond donors (Lipinski definition) is 0. The van der Waals surface area contributed by atoms with Crippen molar-refractivity contribution in [1.29, 1.82) is 0 Å². The summed E-state index contributed by atoms with van der Waals surface area (Å²) in [6.45, 7) is 0. The second kappa shape index (κ2) is 15.5. The summed E-state index contributed by atoms with van der Waals surface area (Å²) in [6, 6.07) is 89.2. The standard InChI is InChI=1S/C66H40OS/c1-3-11-45-33-47(25-23-41(45)9-1)43-19-21-44(22-20-43)54-37-55(50-26-24-42-10-2-4-12-46(42)34-50)39-56(38-54)51-28-27-49-36-52(30-29-48(49)35-51)57-14-7-16-62-65(57)60-40-53(31-32-61(60)67-62)58-15-8-18-64-66(58)59-13-5-6-17-63(59)68-64/h1-40H. The Morgan fingerprint density at radius 3 is 1.35 bits per heavy atom. The second-order valence-electron chi connectivity index (χ2n) is 18.0. The van der Waals surface area contributed by atoms with Crippen LogP contribution in [-0.2, 0) is 0 Å². The normalized spacial score (nSPS) is 11.8. The van der Waals surface area contributed by atoms with Crippen molar-refractivity contribution in [1.82, 2.24) is 0 Å². The molecule has 0 saturated carbocycles. The summed E-state index contributed by atoms with van der Waals surface area (Å²) in [7, 11) is 0. The van der Waals surface area contributed by atoms with Crippen LogP contribution in [0.25, 0.3) is 141 Å². The fourth-order valence-electron chi connectivity index (χ4n) is 10.6. The summed E-state index contributed by atoms with van der Waals surface area (Å²) in [4.78, 5) is 0. The van der Waals surface area contributed by atoms with Gasteiger partial charge in [0.15, 0.2) is 0 Å². The minimum atomic E-state index is 0.898. The lowest BCUT2D eigenvalue weighted by Gasteiger charge is -2.13. The molecule has 14 aromatic rings. The Bertz CT molecular complexity index is 4320. The van der Waals surface area contributed by atoms with Gasteiger partial charge in [-0.3, -0.25) is 0 Å². The van der Waals surface area contributed by atoms with Gasteiger partial charge in [-0.1, -0.05) is 170 Å². The first-order valence-electron chi connectivity index (χ1n) is 23.3. The van der Waals surface area contributed by atoms with Gasteiger partial charge in [0, 0.05) is 30.9 Å². The van der Waals surface area contributed by atoms with Crippen LogP contribution in [0, 0.1) is 0 Å². The van der Waals surface area contributed by atoms with E-state index in [-0.39, 0.29) is 0 Å². The highest BCUT2D eigenvalue weighted by Gasteiger charge is 2.17. The number of furan rings is 1. The lowest BCUT2D eigenvalue weighted by molar-refractivity contribution is 0.669. The van der Waals surface area contributed by atoms with Crippen LogP contribution in [0.15, 0.2) is 247 Å². The Balaban J connectivity index is 0.851. The largest absolute Gasteiger partial charge is 0.456 e. The third-order valence-electron chi connectivity index (χ3n) is 14.0. The minimum absolute atomic E-state index is 0.898. The Morgan fingerprint density at radius 1 is 0.235 bits per heavy atom. The van der Waals surface area contributed by atoms with Crippen LogP contribution in [-0.4, -0.2) is 0 Å². The zero-order valence-corrected chi connectivity index (χ0v) is 37.7. The molecule has 0 atom stereocenters. The number of hydrogen-bond acceptors (Lipinski definition) is 2. The summed E-state index contributed by atoms with van der Waals surface area (Å²) in [5.41, 5.74) is 16.2. The van der Waals surface area contributed by atoms with Crippen LogP contribution in [0.5, 0.6) is 0 Å². The molecule has 316 valence electrons. The van der Waals surface area contributed by atoms with Crippen molar-refractivity contribution >= 4 is 85.8 Å². The molecule has 0 amide bonds. The average molecular weight is 881 g/mol. The van der Waals surface area contributed by atoms with Crippen molar-refractivity contribution in [2.45, 2.75) is 0 Å². The topological polar surface area (TPSA) is 13.1 Å². The van der Waals surface area contributed by atoms with Gasteiger partial charge >= 0.3 is 0 Å². The molecule has 0 aliphatic rings. The molecule has 14 rings (SSSR count). The monoisotopic (exact) mass is 880 g/mol. The molecule has 12 aromatic carbocycles. The van der Waals surface area contributed by atoms with E-state index in [1.165, 1.54) is 119 Å². The first-order chi connectivity index (χ1) is 33.6. The molecular weight excluding hydrogens is 841 g/mol. The molecule has 2 aromatic heterocycles. The van der Waals surface area contributed by atoms with E-state index in [0.717, 1.165) is 21.9 Å². The van der Waals surface area contributed by atoms with Crippen molar-refractivity contribution in [3.8, 4) is 66.8 Å². The highest BCUT2D eigenvalue weighted by atomic mass is 32.1. The van der Waals surface area contributed by atoms with Gasteiger partial charge in [-0.2, -0.15) is 0 Å². The second-order valence-corrected chi connectivity index (χ2v) is 19.1. The Morgan fingerprint density at radius 2 is 0.676 bits per heavy atom. The van der Waals surface area contributed by atoms with Crippen molar-refractivity contribution < 1.29 is 4.42 Å². The van der Waals surface area contributed by atoms with Crippen molar-refractivity contribution in [2.24, 2.45) is 0 Å². The number of benzene rings is 12. The molecular formula is C66H40OS. The maximum Gasteiger partial charge on any atom is 0.136 e. The lowest BCUT2D eigenvalue weighted by atomic mass is 9.90. The van der Waals surface area contributed by atoms with Crippen LogP contribution in [0.1, 0.15) is 0 Å². The van der Waals surface area contributed by atoms with Crippen molar-refractivity contribution in [3.05, 3.63) is 243 Å². The number of fused-ring (bicyclic) bond motifs is 9. The van der Waals surface area contributed by atoms with Gasteiger partial charge < -0.3 is 4.42 Å². The van der Waals surface area contributed by atoms with E-state index in [4.69, 9.17) is 4.42 Å². The molecule has 0 aliphatic carbocycles. The predicted octanol–water partition coefficient (Wildman–Crippen LogP) is 19.4. The molecule has 0 bridgehead atoms. The van der Waals surface area contributed by atoms with Crippen molar-refractivity contribution in [3.63, 3.8) is 0 Å². The summed E-state index contributed by atoms with van der Waals surface area (Å²) in [6.07, 6.45) is 0. The van der Waals surface area contributed by atoms with Gasteiger partial charge in [0.2, 0.25) is 0 Å². The smallest absolute Gasteiger partial charge is 0.136 e. The summed E-state index contributed by atoms with van der Waals surface area (Å²) < 4.78 is 9.17. The summed E-state index contributed by atoms with van der Waals surface area (Å²) in [5, 5.41) is 12.3. The minimum Gasteiger partial charge on any atom is -0.456 e. The molecule has 0 spiro atoms. The Hall–Kier alpha value is -8.56. The quantitative estimate of drug-likeness (QED) is 0.162. The molecule has 1 nitrogen and oxygen atoms in total. The maximum atomic E-state index is 6.55. The van der Waals surface area contributed by atoms with E-state index in [1.807, 2.05) is 11.3 Å². The summed E-state index contributed by atoms with van der Waals surface area (Å²) in [5.74, 6) is 0. The molecule has 0 radical (unpaired) electrons. The van der Waals surface area contributed by atoms with Crippen LogP contribution in [0.4, 0.5) is 0 Å². The fraction of sp³-hybridized carbons (Fsp3) is 0. The maximum absolute atomic E-state index is 6.55. The SMILES string of the molecule is c1ccc2cc(-c3ccc(-c4cc(-c5ccc6ccccc6c5)cc(-c5ccc6cc(-c7cccc8oc9ccc(-c%10cccc%11sc%12ccccc%12c%10%11)cc9c78)ccc6c5)c4)cc3)ccc2c1. The molecule has 0 N–H and O–H groups in total. The first-order valence-corrected chi connectivity index (χ1v) is 24.1. The molecule has 0 fully saturated rings. The van der Waals surface area contributed by atoms with Gasteiger partial charge in [-0.05, 0) is 172 Å². The zero-order valence-electron chi connectivity index (χ0n) is 36.9. The number of rotatable bonds is 6. The molecule has 0 saturated heterocycles. The fourth-order valence-corrected chi connectivity index (χ4v) is 11.7. The van der Waals surface area contributed by atoms with E-state index < -0.39 is 0 Å². The van der Waals surface area contributed by atoms with Crippen molar-refractivity contribution in [2.75, 3.05) is 0 Å². The van der Waals surface area contributed by atoms with Gasteiger partial charge in [-0.25, -0.2) is 0 Å². The number of thiophene rings is 1. The average Bonchev–Trinajstić information content (AvgIpc) is 3.99. The van der Waals surface area contributed by atoms with Crippen LogP contribution < -0.4 is 0 Å². The highest BCUT2D eigenvalue weighted by Crippen LogP contribution is 2.44. The van der Waals surface area contributed by atoms with E-state index in [9.17, 15) is 0 Å². The molecule has 0 aliphatic heterocycles. The predicted molar refractivity (Wildman–Crippen MR) is 292 cm³/mol. The van der Waals surface area contributed by atoms with Crippen LogP contribution >= 0.6 is 11.3 Å². The van der Waals surface area contributed by atoms with Gasteiger partial charge in [0.25, 0.3) is 0 Å². The molecule has 2 heteroatoms. The molecule has 0 unspecified atom stereocenters. The van der Waals surface area contributed by atoms with E-state index in [2.05, 4.69) is 243 Å². The molecule has 68 heavy (non-hydrogen) atoms. The van der Waals surface area contributed by atoms with Crippen LogP contribution in [0.3, 0.4) is 0 Å². The van der Waals surface area contributed by atoms with E-state index in [0.29, 0.717) is 0 Å². The third-order valence-corrected chi connectivity index (χ3v) is 15.1. The van der Waals surface area contributed by atoms with Gasteiger partial charge in [-0.15, -0.1) is 11.3 Å². The zero-order chi connectivity index (χ0) is 44.7. The van der Waals surface area contributed by atoms with E-state index in [1.54, 1.807) is 0 Å². The Kier molecular flexibility index (Phi) is 8.83. The van der Waals surface area contributed by atoms with Gasteiger partial charge in [0.05, 0.1) is 0 Å². The third kappa shape index (κ3) is 6.53. The summed E-state index contributed by atoms with van der Waals surface area (Å²) >= 11 is 1.86. The van der Waals surface area contributed by atoms with Gasteiger partial charge in [0.1, 0.15) is 11.2 Å². The first kappa shape index (κ1) is 38.7. The Labute approximate surface area is 397 Å². The lowest BCUT2D eigenvalue weighted by Crippen LogP contribution is -1.88. The van der Waals surface area contributed by atoms with Crippen LogP contribution in [0.2, 0.25) is 0 Å². The highest BCUT2D eigenvalue weighted by molar-refractivity contribution is 7.25. The van der Waals surface area contributed by atoms with E-state index >= 15 is 0 Å². The molecule has 2 heterocycles.